The van der Waals surface area contributed by atoms with Gasteiger partial charge in [0.15, 0.2) is 0 Å². The van der Waals surface area contributed by atoms with E-state index in [0.717, 1.165) is 12.1 Å². The van der Waals surface area contributed by atoms with Gasteiger partial charge in [0.25, 0.3) is 0 Å². The normalized spacial score (nSPS) is 17.6. The Morgan fingerprint density at radius 3 is 1.91 bits per heavy atom. The largest absolute Gasteiger partial charge is 0.300 e. The van der Waals surface area contributed by atoms with Gasteiger partial charge in [-0.25, -0.2) is 21.6 Å². The average Bonchev–Trinajstić information content (AvgIpc) is 2.76. The Hall–Kier alpha value is -2.97. The van der Waals surface area contributed by atoms with Crippen molar-refractivity contribution in [3.8, 4) is 0 Å². The van der Waals surface area contributed by atoms with Gasteiger partial charge in [-0.3, -0.25) is 4.79 Å². The summed E-state index contributed by atoms with van der Waals surface area (Å²) < 4.78 is 69.1. The summed E-state index contributed by atoms with van der Waals surface area (Å²) in [6.45, 7) is -0.0682. The number of hydrogen-bond donors (Lipinski definition) is 0. The number of piperidine rings is 1. The van der Waals surface area contributed by atoms with Crippen molar-refractivity contribution >= 4 is 15.8 Å². The van der Waals surface area contributed by atoms with Gasteiger partial charge in [0.05, 0.1) is 4.90 Å². The number of Topliss-reactive ketones (excluding diaryl/α,β-unsaturated/α-hetero) is 1. The fraction of sp³-hybridized carbons (Fsp3) is 0.208. The van der Waals surface area contributed by atoms with Crippen molar-refractivity contribution in [3.05, 3.63) is 101 Å². The van der Waals surface area contributed by atoms with Crippen LogP contribution in [0.1, 0.15) is 29.9 Å². The van der Waals surface area contributed by atoms with E-state index in [1.807, 2.05) is 0 Å². The molecule has 1 aliphatic heterocycles. The molecule has 0 amide bonds. The van der Waals surface area contributed by atoms with E-state index in [2.05, 4.69) is 0 Å². The highest BCUT2D eigenvalue weighted by Gasteiger charge is 2.41. The Balaban J connectivity index is 1.85. The molecule has 0 saturated carbocycles. The SMILES string of the molecule is O=C1CCN(S(=O)(=O)c2cccc(F)c2)C(C(c2ccc(F)cc2)c2ccc(F)cc2)C1. The lowest BCUT2D eigenvalue weighted by molar-refractivity contribution is -0.122. The van der Waals surface area contributed by atoms with E-state index in [1.165, 1.54) is 65.0 Å². The van der Waals surface area contributed by atoms with Crippen molar-refractivity contribution in [1.29, 1.82) is 0 Å². The molecular formula is C24H20F3NO3S. The molecule has 1 saturated heterocycles. The number of ketones is 1. The molecule has 4 rings (SSSR count). The Morgan fingerprint density at radius 2 is 1.38 bits per heavy atom. The van der Waals surface area contributed by atoms with Gasteiger partial charge < -0.3 is 0 Å². The van der Waals surface area contributed by atoms with Crippen LogP contribution in [0.5, 0.6) is 0 Å². The molecule has 1 fully saturated rings. The summed E-state index contributed by atoms with van der Waals surface area (Å²) in [5, 5.41) is 0. The maximum absolute atomic E-state index is 13.8. The number of sulfonamides is 1. The summed E-state index contributed by atoms with van der Waals surface area (Å²) in [5.74, 6) is -2.39. The zero-order valence-electron chi connectivity index (χ0n) is 16.9. The van der Waals surface area contributed by atoms with Crippen LogP contribution >= 0.6 is 0 Å². The smallest absolute Gasteiger partial charge is 0.243 e. The Labute approximate surface area is 184 Å². The number of nitrogens with zero attached hydrogens (tertiary/aromatic N) is 1. The Morgan fingerprint density at radius 1 is 0.812 bits per heavy atom. The van der Waals surface area contributed by atoms with Crippen molar-refractivity contribution in [2.75, 3.05) is 6.54 Å². The van der Waals surface area contributed by atoms with E-state index in [0.29, 0.717) is 11.1 Å². The molecule has 1 atom stereocenters. The van der Waals surface area contributed by atoms with Crippen LogP contribution in [0.3, 0.4) is 0 Å². The minimum Gasteiger partial charge on any atom is -0.300 e. The quantitative estimate of drug-likeness (QED) is 0.558. The zero-order valence-corrected chi connectivity index (χ0v) is 17.7. The van der Waals surface area contributed by atoms with Crippen LogP contribution in [0.25, 0.3) is 0 Å². The van der Waals surface area contributed by atoms with Crippen molar-refractivity contribution in [2.24, 2.45) is 0 Å². The highest BCUT2D eigenvalue weighted by molar-refractivity contribution is 7.89. The second kappa shape index (κ2) is 8.88. The molecule has 1 heterocycles. The number of rotatable bonds is 5. The van der Waals surface area contributed by atoms with Gasteiger partial charge >= 0.3 is 0 Å². The predicted molar refractivity (Wildman–Crippen MR) is 113 cm³/mol. The van der Waals surface area contributed by atoms with Crippen molar-refractivity contribution in [2.45, 2.75) is 29.7 Å². The van der Waals surface area contributed by atoms with Gasteiger partial charge in [0.1, 0.15) is 23.2 Å². The van der Waals surface area contributed by atoms with Gasteiger partial charge in [-0.2, -0.15) is 4.31 Å². The lowest BCUT2D eigenvalue weighted by Crippen LogP contribution is -2.49. The van der Waals surface area contributed by atoms with Gasteiger partial charge in [-0.15, -0.1) is 0 Å². The highest BCUT2D eigenvalue weighted by Crippen LogP contribution is 2.38. The van der Waals surface area contributed by atoms with Gasteiger partial charge in [-0.1, -0.05) is 30.3 Å². The fourth-order valence-electron chi connectivity index (χ4n) is 4.16. The summed E-state index contributed by atoms with van der Waals surface area (Å²) in [7, 11) is -4.14. The lowest BCUT2D eigenvalue weighted by Gasteiger charge is -2.39. The summed E-state index contributed by atoms with van der Waals surface area (Å²) in [6, 6.07) is 15.0. The first-order chi connectivity index (χ1) is 15.3. The minimum absolute atomic E-state index is 0.0323. The molecule has 1 aliphatic rings. The molecule has 0 spiro atoms. The molecule has 0 bridgehead atoms. The molecule has 0 aromatic heterocycles. The maximum atomic E-state index is 13.8. The monoisotopic (exact) mass is 459 g/mol. The summed E-state index contributed by atoms with van der Waals surface area (Å²) in [4.78, 5) is 12.2. The van der Waals surface area contributed by atoms with E-state index in [9.17, 15) is 26.4 Å². The molecule has 3 aromatic carbocycles. The summed E-state index contributed by atoms with van der Waals surface area (Å²) in [6.07, 6.45) is -0.0431. The molecular weight excluding hydrogens is 439 g/mol. The van der Waals surface area contributed by atoms with Gasteiger partial charge in [0, 0.05) is 31.3 Å². The molecule has 0 N–H and O–H groups in total. The Bertz CT molecular complexity index is 1180. The number of hydrogen-bond acceptors (Lipinski definition) is 3. The standard InChI is InChI=1S/C24H20F3NO3S/c25-18-8-4-16(5-9-18)24(17-6-10-19(26)11-7-17)23-15-21(29)12-13-28(23)32(30,31)22-3-1-2-20(27)14-22/h1-11,14,23-24H,12-13,15H2. The number of benzene rings is 3. The van der Waals surface area contributed by atoms with Crippen LogP contribution < -0.4 is 0 Å². The van der Waals surface area contributed by atoms with E-state index in [1.54, 1.807) is 0 Å². The van der Waals surface area contributed by atoms with Crippen LogP contribution in [0.15, 0.2) is 77.7 Å². The van der Waals surface area contributed by atoms with Crippen LogP contribution in [-0.4, -0.2) is 31.1 Å². The average molecular weight is 459 g/mol. The molecule has 0 radical (unpaired) electrons. The maximum Gasteiger partial charge on any atom is 0.243 e. The van der Waals surface area contributed by atoms with E-state index in [-0.39, 0.29) is 30.1 Å². The second-order valence-electron chi connectivity index (χ2n) is 7.71. The first kappa shape index (κ1) is 22.2. The molecule has 8 heteroatoms. The molecule has 32 heavy (non-hydrogen) atoms. The Kier molecular flexibility index (Phi) is 6.17. The van der Waals surface area contributed by atoms with Crippen LogP contribution in [0.2, 0.25) is 0 Å². The lowest BCUT2D eigenvalue weighted by atomic mass is 9.81. The highest BCUT2D eigenvalue weighted by atomic mass is 32.2. The summed E-state index contributed by atoms with van der Waals surface area (Å²) >= 11 is 0. The first-order valence-electron chi connectivity index (χ1n) is 10.1. The second-order valence-corrected chi connectivity index (χ2v) is 9.60. The van der Waals surface area contributed by atoms with Crippen molar-refractivity contribution in [1.82, 2.24) is 4.31 Å². The van der Waals surface area contributed by atoms with Crippen LogP contribution in [0.4, 0.5) is 13.2 Å². The third-order valence-electron chi connectivity index (χ3n) is 5.66. The minimum atomic E-state index is -4.14. The van der Waals surface area contributed by atoms with Gasteiger partial charge in [-0.05, 0) is 53.6 Å². The molecule has 1 unspecified atom stereocenters. The topological polar surface area (TPSA) is 54.5 Å². The predicted octanol–water partition coefficient (Wildman–Crippen LogP) is 4.66. The van der Waals surface area contributed by atoms with Crippen LogP contribution in [0, 0.1) is 17.5 Å². The van der Waals surface area contributed by atoms with E-state index in [4.69, 9.17) is 0 Å². The van der Waals surface area contributed by atoms with Gasteiger partial charge in [0.2, 0.25) is 10.0 Å². The molecule has 0 aliphatic carbocycles. The van der Waals surface area contributed by atoms with E-state index < -0.39 is 39.4 Å². The number of carbonyl (C=O) groups is 1. The van der Waals surface area contributed by atoms with E-state index >= 15 is 0 Å². The third kappa shape index (κ3) is 4.47. The molecule has 4 nitrogen and oxygen atoms in total. The third-order valence-corrected chi connectivity index (χ3v) is 7.58. The number of halogens is 3. The molecule has 3 aromatic rings. The molecule has 166 valence electrons. The van der Waals surface area contributed by atoms with Crippen molar-refractivity contribution in [3.63, 3.8) is 0 Å². The van der Waals surface area contributed by atoms with Crippen molar-refractivity contribution < 1.29 is 26.4 Å². The summed E-state index contributed by atoms with van der Waals surface area (Å²) in [5.41, 5.74) is 1.16. The number of carbonyl (C=O) groups excluding carboxylic acids is 1. The first-order valence-corrected chi connectivity index (χ1v) is 11.5. The fourth-order valence-corrected chi connectivity index (χ4v) is 5.83. The van der Waals surface area contributed by atoms with Crippen LogP contribution in [-0.2, 0) is 14.8 Å². The zero-order chi connectivity index (χ0) is 22.9.